The van der Waals surface area contributed by atoms with Crippen LogP contribution in [0.5, 0.6) is 0 Å². The number of benzene rings is 1. The van der Waals surface area contributed by atoms with Gasteiger partial charge in [0, 0.05) is 12.6 Å². The number of rotatable bonds is 4. The topological polar surface area (TPSA) is 69.4 Å². The van der Waals surface area contributed by atoms with Crippen LogP contribution in [0.2, 0.25) is 0 Å². The summed E-state index contributed by atoms with van der Waals surface area (Å²) in [5, 5.41) is -0.417. The van der Waals surface area contributed by atoms with Gasteiger partial charge in [0.15, 0.2) is 9.84 Å². The molecule has 112 valence electrons. The highest BCUT2D eigenvalue weighted by Gasteiger charge is 2.36. The Labute approximate surface area is 121 Å². The maximum atomic E-state index is 12.4. The van der Waals surface area contributed by atoms with Crippen LogP contribution in [0.4, 0.5) is 0 Å². The van der Waals surface area contributed by atoms with Crippen molar-refractivity contribution in [3.05, 3.63) is 34.9 Å². The van der Waals surface area contributed by atoms with Crippen LogP contribution in [0, 0.1) is 13.8 Å². The van der Waals surface area contributed by atoms with Gasteiger partial charge in [-0.15, -0.1) is 0 Å². The van der Waals surface area contributed by atoms with Crippen LogP contribution in [0.1, 0.15) is 36.1 Å². The predicted molar refractivity (Wildman–Crippen MR) is 80.5 cm³/mol. The van der Waals surface area contributed by atoms with Gasteiger partial charge in [0.1, 0.15) is 0 Å². The van der Waals surface area contributed by atoms with Gasteiger partial charge in [-0.25, -0.2) is 8.42 Å². The lowest BCUT2D eigenvalue weighted by Crippen LogP contribution is -2.34. The molecule has 1 saturated heterocycles. The van der Waals surface area contributed by atoms with Gasteiger partial charge in [0.2, 0.25) is 0 Å². The van der Waals surface area contributed by atoms with Gasteiger partial charge in [-0.1, -0.05) is 23.8 Å². The van der Waals surface area contributed by atoms with Crippen molar-refractivity contribution in [2.75, 3.05) is 12.4 Å². The Morgan fingerprint density at radius 2 is 2.10 bits per heavy atom. The van der Waals surface area contributed by atoms with Gasteiger partial charge in [-0.05, 0) is 38.3 Å². The van der Waals surface area contributed by atoms with E-state index < -0.39 is 21.1 Å². The summed E-state index contributed by atoms with van der Waals surface area (Å²) in [6.07, 6.45) is 0.342. The highest BCUT2D eigenvalue weighted by atomic mass is 32.2. The molecule has 0 bridgehead atoms. The van der Waals surface area contributed by atoms with Crippen LogP contribution in [0.15, 0.2) is 18.2 Å². The van der Waals surface area contributed by atoms with Crippen molar-refractivity contribution in [1.82, 2.24) is 0 Å². The van der Waals surface area contributed by atoms with Crippen molar-refractivity contribution < 1.29 is 13.2 Å². The molecule has 0 spiro atoms. The number of hydrogen-bond acceptors (Lipinski definition) is 4. The van der Waals surface area contributed by atoms with Crippen LogP contribution >= 0.6 is 0 Å². The molecule has 1 aliphatic heterocycles. The molecule has 4 nitrogen and oxygen atoms in total. The van der Waals surface area contributed by atoms with Gasteiger partial charge in [0.25, 0.3) is 0 Å². The fourth-order valence-corrected chi connectivity index (χ4v) is 4.93. The Bertz CT molecular complexity index is 583. The number of nitrogens with two attached hydrogens (primary N) is 1. The summed E-state index contributed by atoms with van der Waals surface area (Å²) in [4.78, 5) is 0. The third-order valence-electron chi connectivity index (χ3n) is 4.00. The average molecular weight is 297 g/mol. The number of ether oxygens (including phenoxy) is 1. The van der Waals surface area contributed by atoms with E-state index in [1.807, 2.05) is 39.0 Å². The monoisotopic (exact) mass is 297 g/mol. The van der Waals surface area contributed by atoms with E-state index in [0.717, 1.165) is 16.7 Å². The first-order valence-electron chi connectivity index (χ1n) is 6.97. The zero-order valence-corrected chi connectivity index (χ0v) is 13.1. The molecule has 3 atom stereocenters. The van der Waals surface area contributed by atoms with Gasteiger partial charge < -0.3 is 10.5 Å². The molecule has 3 unspecified atom stereocenters. The Morgan fingerprint density at radius 1 is 1.40 bits per heavy atom. The van der Waals surface area contributed by atoms with Gasteiger partial charge in [-0.2, -0.15) is 0 Å². The lowest BCUT2D eigenvalue weighted by atomic mass is 10.0. The molecule has 0 radical (unpaired) electrons. The smallest absolute Gasteiger partial charge is 0.157 e. The van der Waals surface area contributed by atoms with E-state index in [1.54, 1.807) is 0 Å². The van der Waals surface area contributed by atoms with Crippen molar-refractivity contribution in [1.29, 1.82) is 0 Å². The quantitative estimate of drug-likeness (QED) is 0.921. The van der Waals surface area contributed by atoms with Crippen LogP contribution < -0.4 is 5.73 Å². The summed E-state index contributed by atoms with van der Waals surface area (Å²) >= 11 is 0. The standard InChI is InChI=1S/C15H23NO3S/c1-10-4-5-13(11(2)8-10)14(16)9-20(17,18)15-6-7-19-12(15)3/h4-5,8,12,14-15H,6-7,9,16H2,1-3H3. The molecule has 5 heteroatoms. The lowest BCUT2D eigenvalue weighted by Gasteiger charge is -2.20. The minimum Gasteiger partial charge on any atom is -0.377 e. The van der Waals surface area contributed by atoms with Gasteiger partial charge in [-0.3, -0.25) is 0 Å². The van der Waals surface area contributed by atoms with E-state index in [-0.39, 0.29) is 11.9 Å². The van der Waals surface area contributed by atoms with E-state index in [2.05, 4.69) is 0 Å². The Hall–Kier alpha value is -0.910. The predicted octanol–water partition coefficient (Wildman–Crippen LogP) is 1.90. The highest BCUT2D eigenvalue weighted by molar-refractivity contribution is 7.92. The molecule has 1 aromatic rings. The number of sulfone groups is 1. The van der Waals surface area contributed by atoms with Crippen LogP contribution in [0.25, 0.3) is 0 Å². The molecule has 0 aromatic heterocycles. The molecule has 1 heterocycles. The minimum atomic E-state index is -3.23. The Morgan fingerprint density at radius 3 is 2.65 bits per heavy atom. The molecule has 1 fully saturated rings. The van der Waals surface area contributed by atoms with Gasteiger partial charge >= 0.3 is 0 Å². The van der Waals surface area contributed by atoms with E-state index in [4.69, 9.17) is 10.5 Å². The third kappa shape index (κ3) is 3.22. The fourth-order valence-electron chi connectivity index (χ4n) is 2.89. The first-order valence-corrected chi connectivity index (χ1v) is 8.68. The summed E-state index contributed by atoms with van der Waals surface area (Å²) in [6, 6.07) is 5.45. The summed E-state index contributed by atoms with van der Waals surface area (Å²) in [5.74, 6) is -0.0186. The maximum absolute atomic E-state index is 12.4. The normalized spacial score (nSPS) is 24.8. The molecule has 20 heavy (non-hydrogen) atoms. The first-order chi connectivity index (χ1) is 9.31. The summed E-state index contributed by atoms with van der Waals surface area (Å²) in [6.45, 7) is 6.31. The zero-order chi connectivity index (χ0) is 14.9. The molecule has 0 saturated carbocycles. The number of aryl methyl sites for hydroxylation is 2. The molecule has 0 aliphatic carbocycles. The van der Waals surface area contributed by atoms with Crippen LogP contribution in [-0.4, -0.2) is 32.1 Å². The molecule has 0 amide bonds. The number of hydrogen-bond donors (Lipinski definition) is 1. The van der Waals surface area contributed by atoms with Crippen molar-refractivity contribution in [3.63, 3.8) is 0 Å². The van der Waals surface area contributed by atoms with Crippen LogP contribution in [-0.2, 0) is 14.6 Å². The highest BCUT2D eigenvalue weighted by Crippen LogP contribution is 2.25. The van der Waals surface area contributed by atoms with Crippen molar-refractivity contribution in [3.8, 4) is 0 Å². The van der Waals surface area contributed by atoms with E-state index >= 15 is 0 Å². The molecule has 2 N–H and O–H groups in total. The fraction of sp³-hybridized carbons (Fsp3) is 0.600. The largest absolute Gasteiger partial charge is 0.377 e. The van der Waals surface area contributed by atoms with Crippen molar-refractivity contribution in [2.24, 2.45) is 5.73 Å². The maximum Gasteiger partial charge on any atom is 0.157 e. The Balaban J connectivity index is 2.16. The summed E-state index contributed by atoms with van der Waals surface area (Å²) < 4.78 is 30.2. The average Bonchev–Trinajstić information content (AvgIpc) is 2.75. The SMILES string of the molecule is Cc1ccc(C(N)CS(=O)(=O)C2CCOC2C)c(C)c1. The second kappa shape index (κ2) is 5.84. The third-order valence-corrected chi connectivity index (χ3v) is 6.37. The molecule has 1 aliphatic rings. The van der Waals surface area contributed by atoms with Crippen molar-refractivity contribution in [2.45, 2.75) is 44.6 Å². The molecule has 2 rings (SSSR count). The Kier molecular flexibility index (Phi) is 4.52. The zero-order valence-electron chi connectivity index (χ0n) is 12.3. The van der Waals surface area contributed by atoms with E-state index in [9.17, 15) is 8.42 Å². The minimum absolute atomic E-state index is 0.0186. The van der Waals surface area contributed by atoms with E-state index in [1.165, 1.54) is 0 Å². The molecular formula is C15H23NO3S. The van der Waals surface area contributed by atoms with Gasteiger partial charge in [0.05, 0.1) is 17.1 Å². The summed E-state index contributed by atoms with van der Waals surface area (Å²) in [7, 11) is -3.23. The van der Waals surface area contributed by atoms with Crippen molar-refractivity contribution >= 4 is 9.84 Å². The first kappa shape index (κ1) is 15.5. The molecular weight excluding hydrogens is 274 g/mol. The van der Waals surface area contributed by atoms with Crippen LogP contribution in [0.3, 0.4) is 0 Å². The molecule has 1 aromatic carbocycles. The van der Waals surface area contributed by atoms with E-state index in [0.29, 0.717) is 13.0 Å². The second-order valence-electron chi connectivity index (χ2n) is 5.70. The lowest BCUT2D eigenvalue weighted by molar-refractivity contribution is 0.126. The second-order valence-corrected chi connectivity index (χ2v) is 7.96. The summed E-state index contributed by atoms with van der Waals surface area (Å²) in [5.41, 5.74) is 9.23.